The number of halogens is 1. The van der Waals surface area contributed by atoms with E-state index in [2.05, 4.69) is 4.98 Å². The van der Waals surface area contributed by atoms with Crippen molar-refractivity contribution in [1.82, 2.24) is 4.98 Å². The molecule has 2 aromatic rings. The lowest BCUT2D eigenvalue weighted by Gasteiger charge is -2.12. The molecule has 0 saturated carbocycles. The summed E-state index contributed by atoms with van der Waals surface area (Å²) in [7, 11) is 1.47. The first-order valence-corrected chi connectivity index (χ1v) is 5.36. The van der Waals surface area contributed by atoms with Gasteiger partial charge in [0.25, 0.3) is 0 Å². The molecule has 1 heterocycles. The van der Waals surface area contributed by atoms with Crippen molar-refractivity contribution in [2.45, 2.75) is 13.5 Å². The fourth-order valence-electron chi connectivity index (χ4n) is 1.97. The molecule has 0 unspecified atom stereocenters. The van der Waals surface area contributed by atoms with E-state index < -0.39 is 11.8 Å². The van der Waals surface area contributed by atoms with E-state index in [-0.39, 0.29) is 17.7 Å². The summed E-state index contributed by atoms with van der Waals surface area (Å²) >= 11 is 0. The molecule has 0 atom stereocenters. The molecule has 2 rings (SSSR count). The zero-order valence-corrected chi connectivity index (χ0v) is 10.0. The number of carbonyl (C=O) groups is 1. The molecule has 4 nitrogen and oxygen atoms in total. The number of pyridine rings is 1. The molecule has 0 radical (unpaired) electrons. The highest BCUT2D eigenvalue weighted by atomic mass is 19.1. The first-order chi connectivity index (χ1) is 8.56. The molecule has 18 heavy (non-hydrogen) atoms. The lowest BCUT2D eigenvalue weighted by Crippen LogP contribution is -2.09. The van der Waals surface area contributed by atoms with Crippen molar-refractivity contribution >= 4 is 16.9 Å². The maximum atomic E-state index is 13.6. The molecule has 0 saturated heterocycles. The molecule has 0 spiro atoms. The van der Waals surface area contributed by atoms with Crippen LogP contribution in [0.25, 0.3) is 10.9 Å². The number of ether oxygens (including phenoxy) is 1. The Bertz CT molecular complexity index is 625. The molecule has 0 fully saturated rings. The number of para-hydroxylation sites is 1. The summed E-state index contributed by atoms with van der Waals surface area (Å²) in [5, 5.41) is 9.59. The molecule has 1 aromatic carbocycles. The summed E-state index contributed by atoms with van der Waals surface area (Å²) < 4.78 is 18.6. The minimum Gasteiger partial charge on any atom is -0.478 e. The first kappa shape index (κ1) is 12.4. The number of hydrogen-bond donors (Lipinski definition) is 1. The number of benzene rings is 1. The van der Waals surface area contributed by atoms with Crippen LogP contribution in [0.3, 0.4) is 0 Å². The van der Waals surface area contributed by atoms with E-state index in [1.807, 2.05) is 0 Å². The van der Waals surface area contributed by atoms with Crippen molar-refractivity contribution in [3.8, 4) is 0 Å². The predicted molar refractivity (Wildman–Crippen MR) is 64.1 cm³/mol. The van der Waals surface area contributed by atoms with Crippen molar-refractivity contribution in [3.63, 3.8) is 0 Å². The number of aromatic carboxylic acids is 1. The Kier molecular flexibility index (Phi) is 3.25. The third-order valence-electron chi connectivity index (χ3n) is 2.78. The van der Waals surface area contributed by atoms with Crippen molar-refractivity contribution in [2.75, 3.05) is 7.11 Å². The Morgan fingerprint density at radius 2 is 2.22 bits per heavy atom. The van der Waals surface area contributed by atoms with Crippen LogP contribution in [-0.4, -0.2) is 23.2 Å². The maximum absolute atomic E-state index is 13.6. The minimum absolute atomic E-state index is 0.0545. The normalized spacial score (nSPS) is 10.8. The summed E-state index contributed by atoms with van der Waals surface area (Å²) in [6, 6.07) is 4.28. The van der Waals surface area contributed by atoms with Gasteiger partial charge >= 0.3 is 5.97 Å². The van der Waals surface area contributed by atoms with Gasteiger partial charge in [-0.2, -0.15) is 0 Å². The zero-order valence-electron chi connectivity index (χ0n) is 10.0. The second-order valence-corrected chi connectivity index (χ2v) is 3.92. The van der Waals surface area contributed by atoms with Crippen LogP contribution in [0.4, 0.5) is 4.39 Å². The highest BCUT2D eigenvalue weighted by molar-refractivity contribution is 6.04. The molecule has 0 amide bonds. The molecule has 0 bridgehead atoms. The van der Waals surface area contributed by atoms with Gasteiger partial charge in [-0.1, -0.05) is 12.1 Å². The number of aromatic nitrogens is 1. The van der Waals surface area contributed by atoms with Crippen LogP contribution >= 0.6 is 0 Å². The lowest BCUT2D eigenvalue weighted by molar-refractivity contribution is 0.0694. The van der Waals surface area contributed by atoms with Crippen LogP contribution in [0.2, 0.25) is 0 Å². The Balaban J connectivity index is 2.89. The second kappa shape index (κ2) is 4.70. The topological polar surface area (TPSA) is 59.4 Å². The predicted octanol–water partition coefficient (Wildman–Crippen LogP) is 2.53. The summed E-state index contributed by atoms with van der Waals surface area (Å²) in [5.41, 5.74) is 1.07. The molecule has 94 valence electrons. The van der Waals surface area contributed by atoms with Crippen molar-refractivity contribution in [1.29, 1.82) is 0 Å². The summed E-state index contributed by atoms with van der Waals surface area (Å²) in [6.07, 6.45) is 0. The highest BCUT2D eigenvalue weighted by Gasteiger charge is 2.19. The number of carboxylic acids is 1. The van der Waals surface area contributed by atoms with Crippen LogP contribution in [-0.2, 0) is 11.3 Å². The largest absolute Gasteiger partial charge is 0.478 e. The Labute approximate surface area is 103 Å². The first-order valence-electron chi connectivity index (χ1n) is 5.36. The Morgan fingerprint density at radius 3 is 2.83 bits per heavy atom. The van der Waals surface area contributed by atoms with Gasteiger partial charge in [0.2, 0.25) is 0 Å². The minimum atomic E-state index is -1.11. The van der Waals surface area contributed by atoms with E-state index >= 15 is 0 Å². The van der Waals surface area contributed by atoms with E-state index in [0.29, 0.717) is 16.6 Å². The molecule has 0 aliphatic rings. The van der Waals surface area contributed by atoms with E-state index in [4.69, 9.17) is 4.74 Å². The van der Waals surface area contributed by atoms with Gasteiger partial charge in [0.05, 0.1) is 12.2 Å². The van der Waals surface area contributed by atoms with Gasteiger partial charge in [-0.05, 0) is 13.0 Å². The fourth-order valence-corrected chi connectivity index (χ4v) is 1.97. The van der Waals surface area contributed by atoms with Crippen LogP contribution in [0.1, 0.15) is 21.6 Å². The molecule has 1 N–H and O–H groups in total. The van der Waals surface area contributed by atoms with Crippen LogP contribution in [0.5, 0.6) is 0 Å². The third-order valence-corrected chi connectivity index (χ3v) is 2.78. The van der Waals surface area contributed by atoms with Crippen molar-refractivity contribution in [2.24, 2.45) is 0 Å². The lowest BCUT2D eigenvalue weighted by atomic mass is 10.0. The van der Waals surface area contributed by atoms with Gasteiger partial charge < -0.3 is 9.84 Å². The molecule has 5 heteroatoms. The number of carboxylic acid groups (broad SMARTS) is 1. The van der Waals surface area contributed by atoms with Crippen molar-refractivity contribution in [3.05, 3.63) is 40.8 Å². The third kappa shape index (κ3) is 1.93. The van der Waals surface area contributed by atoms with Crippen molar-refractivity contribution < 1.29 is 19.0 Å². The Morgan fingerprint density at radius 1 is 1.50 bits per heavy atom. The van der Waals surface area contributed by atoms with Crippen LogP contribution in [0.15, 0.2) is 18.2 Å². The van der Waals surface area contributed by atoms with Gasteiger partial charge in [0.1, 0.15) is 11.3 Å². The number of nitrogens with zero attached hydrogens (tertiary/aromatic N) is 1. The Hall–Kier alpha value is -2.01. The number of rotatable bonds is 3. The maximum Gasteiger partial charge on any atom is 0.336 e. The van der Waals surface area contributed by atoms with Crippen LogP contribution < -0.4 is 0 Å². The molecular weight excluding hydrogens is 237 g/mol. The average Bonchev–Trinajstić information content (AvgIpc) is 2.31. The van der Waals surface area contributed by atoms with E-state index in [0.717, 1.165) is 0 Å². The van der Waals surface area contributed by atoms with Crippen LogP contribution in [0, 0.1) is 12.7 Å². The molecule has 1 aromatic heterocycles. The zero-order chi connectivity index (χ0) is 13.3. The van der Waals surface area contributed by atoms with E-state index in [1.165, 1.54) is 19.2 Å². The SMILES string of the molecule is COCc1c(C)nc2c(F)cccc2c1C(=O)O. The number of fused-ring (bicyclic) bond motifs is 1. The average molecular weight is 249 g/mol. The number of aryl methyl sites for hydroxylation is 1. The van der Waals surface area contributed by atoms with Gasteiger partial charge in [0, 0.05) is 23.8 Å². The molecule has 0 aliphatic carbocycles. The van der Waals surface area contributed by atoms with E-state index in [1.54, 1.807) is 13.0 Å². The second-order valence-electron chi connectivity index (χ2n) is 3.92. The summed E-state index contributed by atoms with van der Waals surface area (Å²) in [6.45, 7) is 1.78. The summed E-state index contributed by atoms with van der Waals surface area (Å²) in [4.78, 5) is 15.5. The van der Waals surface area contributed by atoms with Gasteiger partial charge in [0.15, 0.2) is 0 Å². The smallest absolute Gasteiger partial charge is 0.336 e. The van der Waals surface area contributed by atoms with Gasteiger partial charge in [-0.15, -0.1) is 0 Å². The fraction of sp³-hybridized carbons (Fsp3) is 0.231. The number of hydrogen-bond acceptors (Lipinski definition) is 3. The monoisotopic (exact) mass is 249 g/mol. The van der Waals surface area contributed by atoms with Gasteiger partial charge in [-0.25, -0.2) is 14.2 Å². The highest BCUT2D eigenvalue weighted by Crippen LogP contribution is 2.25. The summed E-state index contributed by atoms with van der Waals surface area (Å²) in [5.74, 6) is -1.63. The molecule has 0 aliphatic heterocycles. The van der Waals surface area contributed by atoms with E-state index in [9.17, 15) is 14.3 Å². The van der Waals surface area contributed by atoms with Gasteiger partial charge in [-0.3, -0.25) is 0 Å². The molecular formula is C13H12FNO3. The quantitative estimate of drug-likeness (QED) is 0.908. The standard InChI is InChI=1S/C13H12FNO3/c1-7-9(6-18-2)11(13(16)17)8-4-3-5-10(14)12(8)15-7/h3-5H,6H2,1-2H3,(H,16,17). The number of methoxy groups -OCH3 is 1.